The number of aromatic nitrogens is 2. The molecule has 0 spiro atoms. The van der Waals surface area contributed by atoms with Crippen LogP contribution >= 0.6 is 11.6 Å². The van der Waals surface area contributed by atoms with Gasteiger partial charge in [-0.2, -0.15) is 41.4 Å². The minimum Gasteiger partial charge on any atom is -0.572 e. The van der Waals surface area contributed by atoms with Gasteiger partial charge < -0.3 is 4.72 Å². The van der Waals surface area contributed by atoms with Gasteiger partial charge >= 0.3 is 20.4 Å². The van der Waals surface area contributed by atoms with Gasteiger partial charge in [0.25, 0.3) is 5.69 Å². The Morgan fingerprint density at radius 1 is 0.833 bits per heavy atom. The average molecular weight is 689 g/mol. The number of sulfonamides is 1. The summed E-state index contributed by atoms with van der Waals surface area (Å²) in [5, 5.41) is 13.8. The van der Waals surface area contributed by atoms with Crippen molar-refractivity contribution in [1.82, 2.24) is 9.97 Å². The molecule has 0 saturated carbocycles. The van der Waals surface area contributed by atoms with Crippen LogP contribution in [0.2, 0.25) is 5.02 Å². The maximum absolute atomic E-state index is 12.7. The van der Waals surface area contributed by atoms with Crippen LogP contribution in [-0.2, 0) is 30.4 Å². The van der Waals surface area contributed by atoms with E-state index in [9.17, 15) is 18.5 Å². The number of non-ortho nitro benzene ring substituents is 1. The maximum atomic E-state index is 12.7. The summed E-state index contributed by atoms with van der Waals surface area (Å²) in [5.74, 6) is 0. The number of hydrogen-bond acceptors (Lipinski definition) is 6. The number of pyridine rings is 2. The van der Waals surface area contributed by atoms with Crippen LogP contribution in [0.4, 0.5) is 11.4 Å². The number of nitro groups is 1. The Balaban J connectivity index is 0.000000264. The standard InChI is InChI=1S/C19H12N3O4S.C7H6Cl.C5H5N.Pd/c23-22(24)15-8-10-16(11-9-15)27(25,26)21-17-5-1-3-13-6-7-14-4-2-12-20-19(14)18(13)17;1-6-2-4-7(8)5-3-6;1-2-4-6-5-3-1;/h1-12H;2,4-5H,1H3;1-5H;/q2*-1;;+2. The van der Waals surface area contributed by atoms with E-state index in [1.807, 2.05) is 67.6 Å². The van der Waals surface area contributed by atoms with E-state index in [4.69, 9.17) is 11.6 Å². The molecule has 0 aliphatic carbocycles. The predicted molar refractivity (Wildman–Crippen MR) is 162 cm³/mol. The molecule has 42 heavy (non-hydrogen) atoms. The fourth-order valence-electron chi connectivity index (χ4n) is 3.69. The molecule has 2 heterocycles. The molecule has 0 bridgehead atoms. The van der Waals surface area contributed by atoms with Crippen molar-refractivity contribution in [2.75, 3.05) is 0 Å². The van der Waals surface area contributed by atoms with Gasteiger partial charge in [-0.15, -0.1) is 5.69 Å². The van der Waals surface area contributed by atoms with Crippen LogP contribution in [0.1, 0.15) is 5.56 Å². The van der Waals surface area contributed by atoms with E-state index in [1.165, 1.54) is 12.1 Å². The second kappa shape index (κ2) is 15.1. The van der Waals surface area contributed by atoms with Crippen LogP contribution in [-0.4, -0.2) is 23.3 Å². The van der Waals surface area contributed by atoms with Crippen molar-refractivity contribution in [3.05, 3.63) is 153 Å². The van der Waals surface area contributed by atoms with Crippen LogP contribution in [0, 0.1) is 23.1 Å². The number of aryl methyl sites for hydroxylation is 1. The number of nitrogens with zero attached hydrogens (tertiary/aromatic N) is 4. The molecule has 0 unspecified atom stereocenters. The van der Waals surface area contributed by atoms with Crippen LogP contribution in [0.3, 0.4) is 0 Å². The molecule has 6 aromatic rings. The quantitative estimate of drug-likeness (QED) is 0.0606. The second-order valence-electron chi connectivity index (χ2n) is 8.55. The number of fused-ring (bicyclic) bond motifs is 3. The third-order valence-electron chi connectivity index (χ3n) is 5.65. The molecule has 0 aliphatic rings. The predicted octanol–water partition coefficient (Wildman–Crippen LogP) is 8.22. The molecule has 8 nitrogen and oxygen atoms in total. The SMILES string of the molecule is Cc1[c-]cc(Cl)cc1.O=[N+]([O-])c1ccc(S(=O)(=O)[N-]c2cccc3ccc4cccnc4c23)cc1.[Pd+2].c1ccncc1. The number of benzene rings is 4. The monoisotopic (exact) mass is 688 g/mol. The third-order valence-corrected chi connectivity index (χ3v) is 7.19. The van der Waals surface area contributed by atoms with Crippen molar-refractivity contribution < 1.29 is 33.8 Å². The largest absolute Gasteiger partial charge is 2.00 e. The summed E-state index contributed by atoms with van der Waals surface area (Å²) >= 11 is 5.58. The minimum atomic E-state index is -4.04. The summed E-state index contributed by atoms with van der Waals surface area (Å²) in [6.07, 6.45) is 5.14. The van der Waals surface area contributed by atoms with Gasteiger partial charge in [-0.3, -0.25) is 20.1 Å². The Hall–Kier alpha value is -4.20. The first-order valence-corrected chi connectivity index (χ1v) is 14.0. The minimum absolute atomic E-state index is 0. The van der Waals surface area contributed by atoms with Crippen molar-refractivity contribution in [2.45, 2.75) is 11.8 Å². The molecular weight excluding hydrogens is 666 g/mol. The van der Waals surface area contributed by atoms with Crippen molar-refractivity contribution >= 4 is 54.7 Å². The van der Waals surface area contributed by atoms with E-state index in [1.54, 1.807) is 36.8 Å². The maximum Gasteiger partial charge on any atom is 2.00 e. The zero-order valence-corrected chi connectivity index (χ0v) is 25.2. The number of hydrogen-bond donors (Lipinski definition) is 0. The molecule has 0 fully saturated rings. The van der Waals surface area contributed by atoms with Gasteiger partial charge in [-0.25, -0.2) is 8.42 Å². The normalized spacial score (nSPS) is 10.3. The molecule has 6 rings (SSSR count). The molecule has 0 atom stereocenters. The van der Waals surface area contributed by atoms with Gasteiger partial charge in [0.05, 0.1) is 15.3 Å². The molecule has 0 radical (unpaired) electrons. The van der Waals surface area contributed by atoms with Gasteiger partial charge in [0.2, 0.25) is 0 Å². The zero-order chi connectivity index (χ0) is 29.2. The van der Waals surface area contributed by atoms with Gasteiger partial charge in [-0.1, -0.05) is 54.4 Å². The fourth-order valence-corrected chi connectivity index (χ4v) is 4.80. The van der Waals surface area contributed by atoms with E-state index in [0.717, 1.165) is 33.5 Å². The first-order chi connectivity index (χ1) is 19.7. The number of halogens is 1. The molecule has 214 valence electrons. The second-order valence-corrected chi connectivity index (χ2v) is 10.6. The van der Waals surface area contributed by atoms with E-state index >= 15 is 0 Å². The van der Waals surface area contributed by atoms with Crippen LogP contribution in [0.15, 0.2) is 127 Å². The first kappa shape index (κ1) is 32.3. The van der Waals surface area contributed by atoms with E-state index < -0.39 is 14.9 Å². The van der Waals surface area contributed by atoms with Crippen LogP contribution in [0.5, 0.6) is 0 Å². The molecule has 2 aromatic heterocycles. The summed E-state index contributed by atoms with van der Waals surface area (Å²) in [7, 11) is -4.04. The molecule has 0 saturated heterocycles. The third kappa shape index (κ3) is 8.65. The van der Waals surface area contributed by atoms with Crippen molar-refractivity contribution in [1.29, 1.82) is 0 Å². The summed E-state index contributed by atoms with van der Waals surface area (Å²) in [5.41, 5.74) is 1.87. The molecule has 11 heteroatoms. The zero-order valence-electron chi connectivity index (χ0n) is 22.1. The fraction of sp³-hybridized carbons (Fsp3) is 0.0323. The van der Waals surface area contributed by atoms with Gasteiger partial charge in [-0.05, 0) is 41.1 Å². The number of rotatable bonds is 4. The molecule has 0 aliphatic heterocycles. The topological polar surface area (TPSA) is 117 Å². The van der Waals surface area contributed by atoms with Crippen LogP contribution in [0.25, 0.3) is 26.4 Å². The molecular formula is C31H23ClN4O4PdS. The molecule has 0 amide bonds. The van der Waals surface area contributed by atoms with Gasteiger partial charge in [0.15, 0.2) is 0 Å². The smallest absolute Gasteiger partial charge is 0.572 e. The van der Waals surface area contributed by atoms with Crippen molar-refractivity contribution in [3.8, 4) is 0 Å². The summed E-state index contributed by atoms with van der Waals surface area (Å²) in [6, 6.07) is 31.6. The number of nitro benzene ring substituents is 1. The van der Waals surface area contributed by atoms with E-state index in [-0.39, 0.29) is 36.7 Å². The average Bonchev–Trinajstić information content (AvgIpc) is 3.00. The molecule has 4 aromatic carbocycles. The van der Waals surface area contributed by atoms with E-state index in [2.05, 4.69) is 20.8 Å². The Morgan fingerprint density at radius 3 is 2.10 bits per heavy atom. The van der Waals surface area contributed by atoms with Crippen molar-refractivity contribution in [3.63, 3.8) is 0 Å². The Labute approximate surface area is 262 Å². The van der Waals surface area contributed by atoms with Gasteiger partial charge in [0, 0.05) is 36.1 Å². The van der Waals surface area contributed by atoms with Crippen LogP contribution < -0.4 is 0 Å². The Morgan fingerprint density at radius 2 is 1.52 bits per heavy atom. The molecule has 0 N–H and O–H groups in total. The summed E-state index contributed by atoms with van der Waals surface area (Å²) in [4.78, 5) is 18.2. The Kier molecular flexibility index (Phi) is 11.7. The van der Waals surface area contributed by atoms with E-state index in [0.29, 0.717) is 10.9 Å². The van der Waals surface area contributed by atoms with Gasteiger partial charge in [0.1, 0.15) is 10.0 Å². The summed E-state index contributed by atoms with van der Waals surface area (Å²) in [6.45, 7) is 1.98. The summed E-state index contributed by atoms with van der Waals surface area (Å²) < 4.78 is 29.4. The van der Waals surface area contributed by atoms with Crippen molar-refractivity contribution in [2.24, 2.45) is 0 Å². The Bertz CT molecular complexity index is 1830. The first-order valence-electron chi connectivity index (χ1n) is 12.2.